The number of hydrogen-bond acceptors (Lipinski definition) is 3. The summed E-state index contributed by atoms with van der Waals surface area (Å²) in [5, 5.41) is 8.66. The Morgan fingerprint density at radius 2 is 2.38 bits per heavy atom. The number of likely N-dealkylation sites (tertiary alicyclic amines) is 1. The van der Waals surface area contributed by atoms with Crippen LogP contribution in [0, 0.1) is 0 Å². The number of carbonyl (C=O) groups excluding carboxylic acids is 1. The van der Waals surface area contributed by atoms with Gasteiger partial charge in [-0.05, 0) is 18.9 Å². The van der Waals surface area contributed by atoms with Crippen LogP contribution in [0.1, 0.15) is 13.3 Å². The average Bonchev–Trinajstić information content (AvgIpc) is 2.21. The van der Waals surface area contributed by atoms with E-state index >= 15 is 0 Å². The van der Waals surface area contributed by atoms with E-state index in [4.69, 9.17) is 5.11 Å². The van der Waals surface area contributed by atoms with Crippen LogP contribution in [-0.4, -0.2) is 47.9 Å². The number of esters is 1. The highest BCUT2D eigenvalue weighted by atomic mass is 19.1. The van der Waals surface area contributed by atoms with E-state index in [0.29, 0.717) is 5.57 Å². The van der Waals surface area contributed by atoms with Crippen LogP contribution >= 0.6 is 0 Å². The fourth-order valence-electron chi connectivity index (χ4n) is 1.49. The summed E-state index contributed by atoms with van der Waals surface area (Å²) in [5.74, 6) is -0.580. The van der Waals surface area contributed by atoms with Crippen LogP contribution in [0.2, 0.25) is 0 Å². The molecule has 1 unspecified atom stereocenters. The molecule has 0 aromatic rings. The van der Waals surface area contributed by atoms with Crippen LogP contribution in [0.3, 0.4) is 0 Å². The minimum absolute atomic E-state index is 0.209. The highest BCUT2D eigenvalue weighted by Crippen LogP contribution is 2.19. The van der Waals surface area contributed by atoms with Gasteiger partial charge < -0.3 is 14.7 Å². The average molecular weight is 231 g/mol. The molecule has 16 heavy (non-hydrogen) atoms. The molecule has 1 aliphatic heterocycles. The molecule has 6 heteroatoms. The van der Waals surface area contributed by atoms with Crippen LogP contribution < -0.4 is 0 Å². The third-order valence-electron chi connectivity index (χ3n) is 2.31. The fourth-order valence-corrected chi connectivity index (χ4v) is 1.49. The molecular weight excluding hydrogens is 217 g/mol. The molecule has 0 aliphatic carbocycles. The van der Waals surface area contributed by atoms with E-state index in [1.807, 2.05) is 0 Å². The normalized spacial score (nSPS) is 23.2. The highest BCUT2D eigenvalue weighted by molar-refractivity contribution is 5.83. The zero-order chi connectivity index (χ0) is 12.1. The molecule has 1 rings (SSSR count). The van der Waals surface area contributed by atoms with Crippen LogP contribution in [0.25, 0.3) is 0 Å². The second-order valence-corrected chi connectivity index (χ2v) is 3.42. The first-order valence-corrected chi connectivity index (χ1v) is 5.03. The number of alkyl halides is 1. The van der Waals surface area contributed by atoms with Gasteiger partial charge in [0.15, 0.2) is 0 Å². The first-order valence-electron chi connectivity index (χ1n) is 5.03. The largest absolute Gasteiger partial charge is 0.465 e. The summed E-state index contributed by atoms with van der Waals surface area (Å²) in [6.45, 7) is 1.89. The lowest BCUT2D eigenvalue weighted by atomic mass is 10.0. The minimum Gasteiger partial charge on any atom is -0.465 e. The number of carboxylic acid groups (broad SMARTS) is 1. The van der Waals surface area contributed by atoms with Gasteiger partial charge >= 0.3 is 12.1 Å². The van der Waals surface area contributed by atoms with Crippen LogP contribution in [0.15, 0.2) is 11.6 Å². The quantitative estimate of drug-likeness (QED) is 0.572. The molecule has 1 aliphatic rings. The number of piperidine rings is 1. The Balaban J connectivity index is 2.59. The zero-order valence-corrected chi connectivity index (χ0v) is 8.98. The van der Waals surface area contributed by atoms with E-state index in [9.17, 15) is 14.0 Å². The van der Waals surface area contributed by atoms with Gasteiger partial charge in [0.1, 0.15) is 6.17 Å². The predicted molar refractivity (Wildman–Crippen MR) is 53.8 cm³/mol. The molecule has 1 N–H and O–H groups in total. The van der Waals surface area contributed by atoms with Gasteiger partial charge in [-0.1, -0.05) is 0 Å². The monoisotopic (exact) mass is 231 g/mol. The maximum absolute atomic E-state index is 13.5. The van der Waals surface area contributed by atoms with Crippen molar-refractivity contribution in [2.45, 2.75) is 19.5 Å². The second-order valence-electron chi connectivity index (χ2n) is 3.42. The molecule has 1 atom stereocenters. The third-order valence-corrected chi connectivity index (χ3v) is 2.31. The van der Waals surface area contributed by atoms with Crippen molar-refractivity contribution in [2.24, 2.45) is 0 Å². The van der Waals surface area contributed by atoms with Crippen LogP contribution in [-0.2, 0) is 9.53 Å². The fraction of sp³-hybridized carbons (Fsp3) is 0.600. The van der Waals surface area contributed by atoms with Gasteiger partial charge in [-0.3, -0.25) is 0 Å². The first-order chi connectivity index (χ1) is 7.54. The zero-order valence-electron chi connectivity index (χ0n) is 8.98. The molecule has 90 valence electrons. The molecule has 1 fully saturated rings. The number of rotatable bonds is 2. The predicted octanol–water partition coefficient (Wildman–Crippen LogP) is 1.20. The molecule has 1 heterocycles. The molecule has 0 aromatic heterocycles. The summed E-state index contributed by atoms with van der Waals surface area (Å²) in [5.41, 5.74) is 0.302. The van der Waals surface area contributed by atoms with Crippen molar-refractivity contribution in [3.8, 4) is 0 Å². The maximum atomic E-state index is 13.5. The Morgan fingerprint density at radius 3 is 2.88 bits per heavy atom. The van der Waals surface area contributed by atoms with E-state index in [2.05, 4.69) is 4.74 Å². The molecule has 0 spiro atoms. The van der Waals surface area contributed by atoms with E-state index in [1.54, 1.807) is 6.92 Å². The summed E-state index contributed by atoms with van der Waals surface area (Å²) in [7, 11) is 0. The number of ether oxygens (including phenoxy) is 1. The van der Waals surface area contributed by atoms with Crippen LogP contribution in [0.4, 0.5) is 9.18 Å². The smallest absolute Gasteiger partial charge is 0.407 e. The molecular formula is C10H14FNO4. The van der Waals surface area contributed by atoms with Crippen molar-refractivity contribution >= 4 is 12.1 Å². The van der Waals surface area contributed by atoms with E-state index < -0.39 is 18.2 Å². The Hall–Kier alpha value is -1.59. The second kappa shape index (κ2) is 5.48. The maximum Gasteiger partial charge on any atom is 0.407 e. The highest BCUT2D eigenvalue weighted by Gasteiger charge is 2.27. The van der Waals surface area contributed by atoms with Gasteiger partial charge in [0.25, 0.3) is 0 Å². The standard InChI is InChI=1S/C10H14FNO4/c1-2-16-9(13)5-7-3-4-12(10(14)15)6-8(7)11/h5,8H,2-4,6H2,1H3,(H,14,15)/b7-5+. The van der Waals surface area contributed by atoms with Crippen molar-refractivity contribution in [1.29, 1.82) is 0 Å². The Labute approximate surface area is 92.5 Å². The summed E-state index contributed by atoms with van der Waals surface area (Å²) in [4.78, 5) is 22.6. The molecule has 0 bridgehead atoms. The van der Waals surface area contributed by atoms with Gasteiger partial charge in [0.2, 0.25) is 0 Å². The third kappa shape index (κ3) is 3.22. The van der Waals surface area contributed by atoms with Crippen molar-refractivity contribution in [1.82, 2.24) is 4.90 Å². The van der Waals surface area contributed by atoms with E-state index in [1.165, 1.54) is 0 Å². The molecule has 5 nitrogen and oxygen atoms in total. The Bertz CT molecular complexity index is 316. The lowest BCUT2D eigenvalue weighted by molar-refractivity contribution is -0.137. The number of halogens is 1. The lowest BCUT2D eigenvalue weighted by Gasteiger charge is -2.28. The van der Waals surface area contributed by atoms with Crippen molar-refractivity contribution < 1.29 is 23.8 Å². The number of amides is 1. The molecule has 0 radical (unpaired) electrons. The molecule has 1 amide bonds. The number of carbonyl (C=O) groups is 2. The van der Waals surface area contributed by atoms with Gasteiger partial charge in [-0.25, -0.2) is 14.0 Å². The van der Waals surface area contributed by atoms with Gasteiger partial charge in [0, 0.05) is 12.6 Å². The van der Waals surface area contributed by atoms with Gasteiger partial charge in [-0.15, -0.1) is 0 Å². The first kappa shape index (κ1) is 12.5. The molecule has 0 saturated carbocycles. The van der Waals surface area contributed by atoms with Crippen molar-refractivity contribution in [2.75, 3.05) is 19.7 Å². The minimum atomic E-state index is -1.42. The Morgan fingerprint density at radius 1 is 1.69 bits per heavy atom. The van der Waals surface area contributed by atoms with Crippen molar-refractivity contribution in [3.63, 3.8) is 0 Å². The number of nitrogens with zero attached hydrogens (tertiary/aromatic N) is 1. The van der Waals surface area contributed by atoms with Gasteiger partial charge in [0.05, 0.1) is 13.2 Å². The molecule has 0 aromatic carbocycles. The number of hydrogen-bond donors (Lipinski definition) is 1. The van der Waals surface area contributed by atoms with E-state index in [0.717, 1.165) is 11.0 Å². The summed E-state index contributed by atoms with van der Waals surface area (Å²) in [6, 6.07) is 0. The topological polar surface area (TPSA) is 66.8 Å². The summed E-state index contributed by atoms with van der Waals surface area (Å²) < 4.78 is 18.1. The summed E-state index contributed by atoms with van der Waals surface area (Å²) in [6.07, 6.45) is -1.22. The molecule has 1 saturated heterocycles. The van der Waals surface area contributed by atoms with E-state index in [-0.39, 0.29) is 26.1 Å². The van der Waals surface area contributed by atoms with Crippen molar-refractivity contribution in [3.05, 3.63) is 11.6 Å². The van der Waals surface area contributed by atoms with Crippen LogP contribution in [0.5, 0.6) is 0 Å². The lowest BCUT2D eigenvalue weighted by Crippen LogP contribution is -2.41. The van der Waals surface area contributed by atoms with Gasteiger partial charge in [-0.2, -0.15) is 0 Å². The SMILES string of the molecule is CCOC(=O)/C=C1\CCN(C(=O)O)CC1F. The summed E-state index contributed by atoms with van der Waals surface area (Å²) >= 11 is 0. The Kier molecular flexibility index (Phi) is 4.28.